The van der Waals surface area contributed by atoms with Gasteiger partial charge in [-0.15, -0.1) is 11.8 Å². The molecule has 1 aromatic carbocycles. The molecule has 2 rings (SSSR count). The average Bonchev–Trinajstić information content (AvgIpc) is 2.38. The number of fused-ring (bicyclic) bond motifs is 1. The molecule has 0 bridgehead atoms. The fourth-order valence-corrected chi connectivity index (χ4v) is 2.56. The fraction of sp³-hybridized carbons (Fsp3) is 0.308. The molecule has 0 atom stereocenters. The van der Waals surface area contributed by atoms with Crippen LogP contribution in [-0.4, -0.2) is 26.8 Å². The number of carbonyl (C=O) groups is 1. The number of nitrogens with zero attached hydrogens (tertiary/aromatic N) is 2. The largest absolute Gasteiger partial charge is 0.481 e. The minimum Gasteiger partial charge on any atom is -0.481 e. The van der Waals surface area contributed by atoms with Crippen LogP contribution in [0.1, 0.15) is 19.2 Å². The maximum atomic E-state index is 10.5. The maximum absolute atomic E-state index is 10.5. The highest BCUT2D eigenvalue weighted by Gasteiger charge is 2.07. The van der Waals surface area contributed by atoms with E-state index in [1.807, 2.05) is 31.2 Å². The Hall–Kier alpha value is -1.62. The van der Waals surface area contributed by atoms with Crippen molar-refractivity contribution >= 4 is 28.6 Å². The molecule has 1 N–H and O–H groups in total. The van der Waals surface area contributed by atoms with E-state index in [4.69, 9.17) is 5.11 Å². The molecule has 18 heavy (non-hydrogen) atoms. The van der Waals surface area contributed by atoms with Gasteiger partial charge in [0.1, 0.15) is 10.9 Å². The Morgan fingerprint density at radius 1 is 1.33 bits per heavy atom. The van der Waals surface area contributed by atoms with E-state index in [1.54, 1.807) is 0 Å². The number of para-hydroxylation sites is 1. The first-order valence-electron chi connectivity index (χ1n) is 5.81. The number of hydrogen-bond acceptors (Lipinski definition) is 4. The molecule has 0 unspecified atom stereocenters. The van der Waals surface area contributed by atoms with Gasteiger partial charge in [-0.25, -0.2) is 9.97 Å². The second-order valence-electron chi connectivity index (χ2n) is 3.81. The third kappa shape index (κ3) is 2.98. The number of benzene rings is 1. The number of aryl methyl sites for hydroxylation is 1. The summed E-state index contributed by atoms with van der Waals surface area (Å²) in [7, 11) is 0. The van der Waals surface area contributed by atoms with E-state index in [2.05, 4.69) is 9.97 Å². The highest BCUT2D eigenvalue weighted by Crippen LogP contribution is 2.25. The smallest absolute Gasteiger partial charge is 0.304 e. The highest BCUT2D eigenvalue weighted by atomic mass is 32.2. The Morgan fingerprint density at radius 3 is 2.83 bits per heavy atom. The Balaban J connectivity index is 2.31. The standard InChI is InChI=1S/C13H14N2O2S/c1-2-11-14-10-6-4-3-5-9(10)13(15-11)18-8-7-12(16)17/h3-6H,2,7-8H2,1H3,(H,16,17). The number of thioether (sulfide) groups is 1. The third-order valence-corrected chi connectivity index (χ3v) is 3.48. The minimum atomic E-state index is -0.781. The van der Waals surface area contributed by atoms with Gasteiger partial charge >= 0.3 is 5.97 Å². The van der Waals surface area contributed by atoms with Crippen molar-refractivity contribution in [2.75, 3.05) is 5.75 Å². The van der Waals surface area contributed by atoms with Gasteiger partial charge in [-0.1, -0.05) is 25.1 Å². The summed E-state index contributed by atoms with van der Waals surface area (Å²) in [6.07, 6.45) is 0.918. The Labute approximate surface area is 109 Å². The number of aromatic nitrogens is 2. The first-order valence-corrected chi connectivity index (χ1v) is 6.79. The lowest BCUT2D eigenvalue weighted by Gasteiger charge is -2.06. The lowest BCUT2D eigenvalue weighted by molar-refractivity contribution is -0.136. The van der Waals surface area contributed by atoms with Crippen molar-refractivity contribution < 1.29 is 9.90 Å². The van der Waals surface area contributed by atoms with Crippen LogP contribution in [0.15, 0.2) is 29.3 Å². The normalized spacial score (nSPS) is 10.7. The van der Waals surface area contributed by atoms with Crippen molar-refractivity contribution in [3.05, 3.63) is 30.1 Å². The average molecular weight is 262 g/mol. The zero-order valence-electron chi connectivity index (χ0n) is 10.1. The molecule has 1 heterocycles. The van der Waals surface area contributed by atoms with Gasteiger partial charge in [0.15, 0.2) is 0 Å². The molecule has 0 amide bonds. The summed E-state index contributed by atoms with van der Waals surface area (Å²) in [6, 6.07) is 7.81. The van der Waals surface area contributed by atoms with E-state index in [0.29, 0.717) is 5.75 Å². The topological polar surface area (TPSA) is 63.1 Å². The van der Waals surface area contributed by atoms with Crippen molar-refractivity contribution in [3.8, 4) is 0 Å². The second kappa shape index (κ2) is 5.82. The molecule has 0 saturated heterocycles. The lowest BCUT2D eigenvalue weighted by atomic mass is 10.2. The molecule has 0 saturated carbocycles. The Morgan fingerprint density at radius 2 is 2.11 bits per heavy atom. The van der Waals surface area contributed by atoms with Crippen LogP contribution >= 0.6 is 11.8 Å². The van der Waals surface area contributed by atoms with Crippen LogP contribution in [0.3, 0.4) is 0 Å². The van der Waals surface area contributed by atoms with Gasteiger partial charge in [-0.05, 0) is 6.07 Å². The minimum absolute atomic E-state index is 0.143. The van der Waals surface area contributed by atoms with Crippen molar-refractivity contribution in [1.82, 2.24) is 9.97 Å². The van der Waals surface area contributed by atoms with E-state index >= 15 is 0 Å². The molecule has 2 aromatic rings. The summed E-state index contributed by atoms with van der Waals surface area (Å²) in [5.41, 5.74) is 0.919. The van der Waals surface area contributed by atoms with Gasteiger partial charge < -0.3 is 5.11 Å². The van der Waals surface area contributed by atoms with E-state index in [-0.39, 0.29) is 6.42 Å². The van der Waals surface area contributed by atoms with Gasteiger partial charge in [0.25, 0.3) is 0 Å². The van der Waals surface area contributed by atoms with E-state index in [1.165, 1.54) is 11.8 Å². The van der Waals surface area contributed by atoms with Crippen LogP contribution in [0.5, 0.6) is 0 Å². The van der Waals surface area contributed by atoms with Gasteiger partial charge in [-0.3, -0.25) is 4.79 Å². The molecule has 0 radical (unpaired) electrons. The Kier molecular flexibility index (Phi) is 4.15. The first kappa shape index (κ1) is 12.8. The molecule has 0 aliphatic rings. The summed E-state index contributed by atoms with van der Waals surface area (Å²) >= 11 is 1.48. The van der Waals surface area contributed by atoms with Gasteiger partial charge in [0, 0.05) is 17.6 Å². The molecule has 5 heteroatoms. The van der Waals surface area contributed by atoms with Crippen molar-refractivity contribution in [3.63, 3.8) is 0 Å². The first-order chi connectivity index (χ1) is 8.70. The maximum Gasteiger partial charge on any atom is 0.304 e. The molecule has 0 spiro atoms. The fourth-order valence-electron chi connectivity index (χ4n) is 1.60. The van der Waals surface area contributed by atoms with Gasteiger partial charge in [0.05, 0.1) is 11.9 Å². The lowest BCUT2D eigenvalue weighted by Crippen LogP contribution is -1.99. The molecule has 94 valence electrons. The van der Waals surface area contributed by atoms with Crippen molar-refractivity contribution in [2.24, 2.45) is 0 Å². The van der Waals surface area contributed by atoms with Crippen molar-refractivity contribution in [1.29, 1.82) is 0 Å². The predicted octanol–water partition coefficient (Wildman–Crippen LogP) is 2.76. The van der Waals surface area contributed by atoms with Crippen LogP contribution in [0, 0.1) is 0 Å². The van der Waals surface area contributed by atoms with Crippen LogP contribution < -0.4 is 0 Å². The SMILES string of the molecule is CCc1nc(SCCC(=O)O)c2ccccc2n1. The van der Waals surface area contributed by atoms with Gasteiger partial charge in [0.2, 0.25) is 0 Å². The quantitative estimate of drug-likeness (QED) is 0.663. The summed E-state index contributed by atoms with van der Waals surface area (Å²) < 4.78 is 0. The van der Waals surface area contributed by atoms with Crippen LogP contribution in [0.2, 0.25) is 0 Å². The predicted molar refractivity (Wildman–Crippen MR) is 71.9 cm³/mol. The number of hydrogen-bond donors (Lipinski definition) is 1. The van der Waals surface area contributed by atoms with E-state index in [0.717, 1.165) is 28.2 Å². The molecular weight excluding hydrogens is 248 g/mol. The summed E-state index contributed by atoms with van der Waals surface area (Å²) in [6.45, 7) is 2.01. The summed E-state index contributed by atoms with van der Waals surface area (Å²) in [5.74, 6) is 0.544. The molecule has 0 aliphatic heterocycles. The molecular formula is C13H14N2O2S. The number of carboxylic acid groups (broad SMARTS) is 1. The molecule has 1 aromatic heterocycles. The monoisotopic (exact) mass is 262 g/mol. The third-order valence-electron chi connectivity index (χ3n) is 2.49. The zero-order valence-corrected chi connectivity index (χ0v) is 10.9. The van der Waals surface area contributed by atoms with Crippen LogP contribution in [-0.2, 0) is 11.2 Å². The Bertz CT molecular complexity index is 572. The van der Waals surface area contributed by atoms with E-state index < -0.39 is 5.97 Å². The summed E-state index contributed by atoms with van der Waals surface area (Å²) in [5, 5.41) is 10.5. The molecule has 4 nitrogen and oxygen atoms in total. The summed E-state index contributed by atoms with van der Waals surface area (Å²) in [4.78, 5) is 19.5. The zero-order chi connectivity index (χ0) is 13.0. The number of rotatable bonds is 5. The van der Waals surface area contributed by atoms with Gasteiger partial charge in [-0.2, -0.15) is 0 Å². The molecule has 0 aliphatic carbocycles. The number of carboxylic acids is 1. The highest BCUT2D eigenvalue weighted by molar-refractivity contribution is 7.99. The second-order valence-corrected chi connectivity index (χ2v) is 4.89. The van der Waals surface area contributed by atoms with E-state index in [9.17, 15) is 4.79 Å². The number of aliphatic carboxylic acids is 1. The van der Waals surface area contributed by atoms with Crippen molar-refractivity contribution in [2.45, 2.75) is 24.8 Å². The van der Waals surface area contributed by atoms with Crippen LogP contribution in [0.25, 0.3) is 10.9 Å². The van der Waals surface area contributed by atoms with Crippen LogP contribution in [0.4, 0.5) is 0 Å². The molecule has 0 fully saturated rings.